The Labute approximate surface area is 94.2 Å². The van der Waals surface area contributed by atoms with Gasteiger partial charge in [-0.15, -0.1) is 11.8 Å². The summed E-state index contributed by atoms with van der Waals surface area (Å²) < 4.78 is 10.3. The van der Waals surface area contributed by atoms with Gasteiger partial charge in [0.2, 0.25) is 0 Å². The number of thioether (sulfide) groups is 1. The van der Waals surface area contributed by atoms with Gasteiger partial charge in [-0.05, 0) is 12.1 Å². The smallest absolute Gasteiger partial charge is 0.168 e. The Bertz CT molecular complexity index is 307. The second-order valence-corrected chi connectivity index (χ2v) is 4.17. The van der Waals surface area contributed by atoms with E-state index in [1.807, 2.05) is 12.1 Å². The van der Waals surface area contributed by atoms with Gasteiger partial charge >= 0.3 is 0 Å². The average Bonchev–Trinajstić information content (AvgIpc) is 2.66. The normalized spacial score (nSPS) is 10.5. The summed E-state index contributed by atoms with van der Waals surface area (Å²) in [5.41, 5.74) is 0. The Balaban J connectivity index is 2.22. The Kier molecular flexibility index (Phi) is 5.50. The first-order chi connectivity index (χ1) is 7.26. The first kappa shape index (κ1) is 12.3. The summed E-state index contributed by atoms with van der Waals surface area (Å²) >= 11 is 1.55. The Morgan fingerprint density at radius 1 is 1.47 bits per heavy atom. The summed E-state index contributed by atoms with van der Waals surface area (Å²) in [5, 5.41) is 0. The van der Waals surface area contributed by atoms with Gasteiger partial charge in [0.15, 0.2) is 5.78 Å². The van der Waals surface area contributed by atoms with Gasteiger partial charge in [0.25, 0.3) is 0 Å². The molecule has 0 saturated heterocycles. The van der Waals surface area contributed by atoms with Gasteiger partial charge in [0.05, 0.1) is 11.5 Å². The highest BCUT2D eigenvalue weighted by Crippen LogP contribution is 2.15. The number of hydrogen-bond donors (Lipinski definition) is 0. The molecule has 84 valence electrons. The number of furan rings is 1. The van der Waals surface area contributed by atoms with Crippen molar-refractivity contribution >= 4 is 17.5 Å². The zero-order chi connectivity index (χ0) is 11.1. The number of Topliss-reactive ketones (excluding diaryl/α,β-unsaturated/α-hetero) is 1. The third kappa shape index (κ3) is 4.53. The van der Waals surface area contributed by atoms with E-state index in [2.05, 4.69) is 6.92 Å². The van der Waals surface area contributed by atoms with Gasteiger partial charge in [-0.3, -0.25) is 4.79 Å². The minimum Gasteiger partial charge on any atom is -0.465 e. The highest BCUT2D eigenvalue weighted by atomic mass is 32.2. The lowest BCUT2D eigenvalue weighted by molar-refractivity contribution is -0.120. The van der Waals surface area contributed by atoms with Crippen LogP contribution in [0.15, 0.2) is 16.5 Å². The van der Waals surface area contributed by atoms with Crippen molar-refractivity contribution in [3.63, 3.8) is 0 Å². The van der Waals surface area contributed by atoms with Crippen LogP contribution < -0.4 is 0 Å². The van der Waals surface area contributed by atoms with Crippen LogP contribution in [-0.2, 0) is 21.7 Å². The number of ether oxygens (including phenoxy) is 1. The topological polar surface area (TPSA) is 39.4 Å². The van der Waals surface area contributed by atoms with Crippen molar-refractivity contribution in [2.45, 2.75) is 19.1 Å². The van der Waals surface area contributed by atoms with Crippen molar-refractivity contribution in [2.24, 2.45) is 0 Å². The molecule has 3 nitrogen and oxygen atoms in total. The summed E-state index contributed by atoms with van der Waals surface area (Å²) in [6.45, 7) is 2.25. The van der Waals surface area contributed by atoms with Crippen LogP contribution in [0.25, 0.3) is 0 Å². The van der Waals surface area contributed by atoms with Crippen LogP contribution in [0.2, 0.25) is 0 Å². The molecule has 0 spiro atoms. The fraction of sp³-hybridized carbons (Fsp3) is 0.545. The number of carbonyl (C=O) groups excluding carboxylic acids is 1. The molecule has 1 heterocycles. The van der Waals surface area contributed by atoms with E-state index in [0.29, 0.717) is 5.75 Å². The summed E-state index contributed by atoms with van der Waals surface area (Å²) in [5.74, 6) is 3.27. The Hall–Kier alpha value is -0.740. The van der Waals surface area contributed by atoms with Crippen molar-refractivity contribution in [1.29, 1.82) is 0 Å². The molecule has 0 radical (unpaired) electrons. The number of ketones is 1. The van der Waals surface area contributed by atoms with E-state index in [1.165, 1.54) is 7.11 Å². The van der Waals surface area contributed by atoms with Crippen LogP contribution in [0.5, 0.6) is 0 Å². The van der Waals surface area contributed by atoms with E-state index in [9.17, 15) is 4.79 Å². The molecule has 0 bridgehead atoms. The SMILES string of the molecule is CCc1ccc(CSCC(=O)COC)o1. The molecule has 0 aromatic carbocycles. The van der Waals surface area contributed by atoms with E-state index in [-0.39, 0.29) is 12.4 Å². The Morgan fingerprint density at radius 3 is 2.80 bits per heavy atom. The summed E-state index contributed by atoms with van der Waals surface area (Å²) in [6.07, 6.45) is 0.910. The third-order valence-electron chi connectivity index (χ3n) is 1.88. The van der Waals surface area contributed by atoms with Gasteiger partial charge in [0.1, 0.15) is 18.1 Å². The van der Waals surface area contributed by atoms with E-state index < -0.39 is 0 Å². The van der Waals surface area contributed by atoms with E-state index in [1.54, 1.807) is 11.8 Å². The molecule has 0 unspecified atom stereocenters. The van der Waals surface area contributed by atoms with Crippen LogP contribution in [0, 0.1) is 0 Å². The van der Waals surface area contributed by atoms with Gasteiger partial charge in [-0.2, -0.15) is 0 Å². The zero-order valence-electron chi connectivity index (χ0n) is 9.12. The molecule has 0 aliphatic carbocycles. The molecule has 15 heavy (non-hydrogen) atoms. The second-order valence-electron chi connectivity index (χ2n) is 3.19. The fourth-order valence-electron chi connectivity index (χ4n) is 1.16. The number of carbonyl (C=O) groups is 1. The Morgan fingerprint density at radius 2 is 2.20 bits per heavy atom. The number of aryl methyl sites for hydroxylation is 1. The van der Waals surface area contributed by atoms with Crippen molar-refractivity contribution in [2.75, 3.05) is 19.5 Å². The maximum Gasteiger partial charge on any atom is 0.168 e. The molecule has 1 rings (SSSR count). The minimum atomic E-state index is 0.116. The number of methoxy groups -OCH3 is 1. The van der Waals surface area contributed by atoms with Crippen LogP contribution in [0.4, 0.5) is 0 Å². The third-order valence-corrected chi connectivity index (χ3v) is 2.89. The summed E-state index contributed by atoms with van der Waals surface area (Å²) in [6, 6.07) is 3.94. The second kappa shape index (κ2) is 6.69. The molecular weight excluding hydrogens is 212 g/mol. The standard InChI is InChI=1S/C11H16O3S/c1-3-10-4-5-11(14-10)8-15-7-9(12)6-13-2/h4-5H,3,6-8H2,1-2H3. The van der Waals surface area contributed by atoms with Gasteiger partial charge in [-0.25, -0.2) is 0 Å². The molecule has 0 aliphatic heterocycles. The van der Waals surface area contributed by atoms with E-state index in [0.717, 1.165) is 23.7 Å². The highest BCUT2D eigenvalue weighted by Gasteiger charge is 2.04. The summed E-state index contributed by atoms with van der Waals surface area (Å²) in [7, 11) is 1.53. The van der Waals surface area contributed by atoms with Crippen molar-refractivity contribution in [3.8, 4) is 0 Å². The lowest BCUT2D eigenvalue weighted by Crippen LogP contribution is -2.08. The molecule has 0 fully saturated rings. The molecule has 0 aliphatic rings. The first-order valence-corrected chi connectivity index (χ1v) is 6.07. The summed E-state index contributed by atoms with van der Waals surface area (Å²) in [4.78, 5) is 11.1. The minimum absolute atomic E-state index is 0.116. The van der Waals surface area contributed by atoms with Crippen molar-refractivity contribution in [3.05, 3.63) is 23.7 Å². The molecule has 1 aromatic rings. The maximum atomic E-state index is 11.1. The predicted octanol–water partition coefficient (Wildman–Crippen LogP) is 2.29. The van der Waals surface area contributed by atoms with Gasteiger partial charge < -0.3 is 9.15 Å². The van der Waals surface area contributed by atoms with E-state index >= 15 is 0 Å². The van der Waals surface area contributed by atoms with Crippen molar-refractivity contribution < 1.29 is 13.9 Å². The quantitative estimate of drug-likeness (QED) is 0.718. The molecule has 0 saturated carbocycles. The number of rotatable bonds is 7. The molecule has 4 heteroatoms. The molecular formula is C11H16O3S. The fourth-order valence-corrected chi connectivity index (χ4v) is 1.93. The number of hydrogen-bond acceptors (Lipinski definition) is 4. The molecule has 0 N–H and O–H groups in total. The van der Waals surface area contributed by atoms with Crippen LogP contribution in [-0.4, -0.2) is 25.3 Å². The van der Waals surface area contributed by atoms with E-state index in [4.69, 9.17) is 9.15 Å². The monoisotopic (exact) mass is 228 g/mol. The predicted molar refractivity (Wildman–Crippen MR) is 61.1 cm³/mol. The molecule has 0 amide bonds. The maximum absolute atomic E-state index is 11.1. The lowest BCUT2D eigenvalue weighted by Gasteiger charge is -1.98. The van der Waals surface area contributed by atoms with Gasteiger partial charge in [-0.1, -0.05) is 6.92 Å². The lowest BCUT2D eigenvalue weighted by atomic mass is 10.4. The zero-order valence-corrected chi connectivity index (χ0v) is 9.93. The molecule has 0 atom stereocenters. The largest absolute Gasteiger partial charge is 0.465 e. The van der Waals surface area contributed by atoms with Crippen LogP contribution in [0.1, 0.15) is 18.4 Å². The highest BCUT2D eigenvalue weighted by molar-refractivity contribution is 7.99. The molecule has 1 aromatic heterocycles. The van der Waals surface area contributed by atoms with Gasteiger partial charge in [0, 0.05) is 13.5 Å². The van der Waals surface area contributed by atoms with Crippen LogP contribution in [0.3, 0.4) is 0 Å². The average molecular weight is 228 g/mol. The van der Waals surface area contributed by atoms with Crippen LogP contribution >= 0.6 is 11.8 Å². The first-order valence-electron chi connectivity index (χ1n) is 4.92. The van der Waals surface area contributed by atoms with Crippen molar-refractivity contribution in [1.82, 2.24) is 0 Å².